The average Bonchev–Trinajstić information content (AvgIpc) is 3.10. The highest BCUT2D eigenvalue weighted by atomic mass is 16.5. The summed E-state index contributed by atoms with van der Waals surface area (Å²) >= 11 is 0. The highest BCUT2D eigenvalue weighted by molar-refractivity contribution is 5.89. The Bertz CT molecular complexity index is 1020. The van der Waals surface area contributed by atoms with E-state index < -0.39 is 5.97 Å². The van der Waals surface area contributed by atoms with Crippen LogP contribution in [-0.4, -0.2) is 51.1 Å². The molecule has 3 aromatic heterocycles. The molecule has 0 aliphatic carbocycles. The number of hydrogen-bond acceptors (Lipinski definition) is 10. The van der Waals surface area contributed by atoms with E-state index in [1.54, 1.807) is 16.9 Å². The number of anilines is 2. The van der Waals surface area contributed by atoms with Gasteiger partial charge in [0.15, 0.2) is 5.82 Å². The predicted octanol–water partition coefficient (Wildman–Crippen LogP) is 1.14. The third-order valence-electron chi connectivity index (χ3n) is 4.30. The summed E-state index contributed by atoms with van der Waals surface area (Å²) in [4.78, 5) is 24.6. The smallest absolute Gasteiger partial charge is 0.339 e. The monoisotopic (exact) mass is 400 g/mol. The number of methoxy groups -OCH3 is 2. The number of nitrogens with zero attached hydrogens (tertiary/aromatic N) is 5. The van der Waals surface area contributed by atoms with Gasteiger partial charge < -0.3 is 26.3 Å². The Morgan fingerprint density at radius 2 is 2.10 bits per heavy atom. The number of nitrogen functional groups attached to an aromatic ring is 1. The summed E-state index contributed by atoms with van der Waals surface area (Å²) in [6.07, 6.45) is 4.43. The maximum absolute atomic E-state index is 11.7. The predicted molar refractivity (Wildman–Crippen MR) is 107 cm³/mol. The number of fused-ring (bicyclic) bond motifs is 1. The van der Waals surface area contributed by atoms with Gasteiger partial charge in [-0.2, -0.15) is 10.1 Å². The maximum atomic E-state index is 11.7. The molecule has 0 aromatic carbocycles. The molecule has 1 atom stereocenters. The second-order valence-corrected chi connectivity index (χ2v) is 6.37. The standard InChI is InChI=1S/C18H24N8O3/c1-4-5-14(19)24-16-15-11(23-18(20)25-16)8-22-26(15)9-12-13(28-2)6-10(7-21-12)17(27)29-3/h6-8,14H,4-5,9,19H2,1-3H3,(H3,20,23,24,25). The van der Waals surface area contributed by atoms with Crippen molar-refractivity contribution in [3.05, 3.63) is 29.7 Å². The molecule has 3 aromatic rings. The first kappa shape index (κ1) is 20.3. The van der Waals surface area contributed by atoms with Crippen LogP contribution in [0.15, 0.2) is 18.5 Å². The number of ether oxygens (including phenoxy) is 2. The zero-order chi connectivity index (χ0) is 21.0. The maximum Gasteiger partial charge on any atom is 0.339 e. The van der Waals surface area contributed by atoms with Gasteiger partial charge in [0.2, 0.25) is 5.95 Å². The zero-order valence-corrected chi connectivity index (χ0v) is 16.5. The van der Waals surface area contributed by atoms with Gasteiger partial charge >= 0.3 is 5.97 Å². The minimum atomic E-state index is -0.493. The Kier molecular flexibility index (Phi) is 6.07. The van der Waals surface area contributed by atoms with Crippen LogP contribution >= 0.6 is 0 Å². The van der Waals surface area contributed by atoms with Crippen molar-refractivity contribution in [1.29, 1.82) is 0 Å². The van der Waals surface area contributed by atoms with E-state index in [2.05, 4.69) is 25.4 Å². The van der Waals surface area contributed by atoms with E-state index in [4.69, 9.17) is 20.9 Å². The van der Waals surface area contributed by atoms with Gasteiger partial charge in [-0.25, -0.2) is 9.78 Å². The van der Waals surface area contributed by atoms with Gasteiger partial charge in [-0.1, -0.05) is 13.3 Å². The molecule has 5 N–H and O–H groups in total. The first-order valence-corrected chi connectivity index (χ1v) is 9.09. The largest absolute Gasteiger partial charge is 0.495 e. The summed E-state index contributed by atoms with van der Waals surface area (Å²) in [6.45, 7) is 2.31. The van der Waals surface area contributed by atoms with Crippen LogP contribution in [0.4, 0.5) is 11.8 Å². The number of nitrogens with one attached hydrogen (secondary N) is 1. The third kappa shape index (κ3) is 4.35. The summed E-state index contributed by atoms with van der Waals surface area (Å²) in [5, 5.41) is 7.56. The highest BCUT2D eigenvalue weighted by Gasteiger charge is 2.18. The van der Waals surface area contributed by atoms with Crippen LogP contribution in [0.3, 0.4) is 0 Å². The van der Waals surface area contributed by atoms with E-state index >= 15 is 0 Å². The lowest BCUT2D eigenvalue weighted by molar-refractivity contribution is 0.0599. The molecule has 3 rings (SSSR count). The molecule has 154 valence electrons. The Hall–Kier alpha value is -3.47. The normalized spacial score (nSPS) is 12.0. The van der Waals surface area contributed by atoms with Gasteiger partial charge in [0, 0.05) is 6.20 Å². The Labute approximate surface area is 167 Å². The van der Waals surface area contributed by atoms with Crippen LogP contribution in [0.25, 0.3) is 11.0 Å². The molecular formula is C18H24N8O3. The van der Waals surface area contributed by atoms with E-state index in [1.807, 2.05) is 6.92 Å². The molecule has 1 unspecified atom stereocenters. The molecule has 0 spiro atoms. The van der Waals surface area contributed by atoms with Crippen molar-refractivity contribution >= 4 is 28.8 Å². The van der Waals surface area contributed by atoms with Gasteiger partial charge in [0.1, 0.15) is 22.5 Å². The van der Waals surface area contributed by atoms with E-state index in [0.717, 1.165) is 12.8 Å². The quantitative estimate of drug-likeness (QED) is 0.370. The van der Waals surface area contributed by atoms with Gasteiger partial charge in [0.05, 0.1) is 38.7 Å². The number of esters is 1. The minimum absolute atomic E-state index is 0.126. The number of carbonyl (C=O) groups is 1. The first-order valence-electron chi connectivity index (χ1n) is 9.09. The average molecular weight is 400 g/mol. The third-order valence-corrected chi connectivity index (χ3v) is 4.30. The second kappa shape index (κ2) is 8.69. The number of aromatic nitrogens is 5. The molecule has 29 heavy (non-hydrogen) atoms. The molecule has 11 heteroatoms. The Morgan fingerprint density at radius 3 is 2.79 bits per heavy atom. The summed E-state index contributed by atoms with van der Waals surface area (Å²) in [7, 11) is 2.81. The SMILES string of the molecule is CCCC(N)Nc1nc(N)nc2cnn(Cc3ncc(C(=O)OC)cc3OC)c12. The van der Waals surface area contributed by atoms with Crippen molar-refractivity contribution in [2.75, 3.05) is 25.3 Å². The van der Waals surface area contributed by atoms with Gasteiger partial charge in [-0.15, -0.1) is 0 Å². The van der Waals surface area contributed by atoms with E-state index in [9.17, 15) is 4.79 Å². The summed E-state index contributed by atoms with van der Waals surface area (Å²) in [5.41, 5.74) is 14.0. The van der Waals surface area contributed by atoms with Crippen molar-refractivity contribution in [2.45, 2.75) is 32.5 Å². The van der Waals surface area contributed by atoms with Crippen molar-refractivity contribution in [2.24, 2.45) is 5.73 Å². The Balaban J connectivity index is 1.99. The number of nitrogens with two attached hydrogens (primary N) is 2. The molecule has 0 bridgehead atoms. The lowest BCUT2D eigenvalue weighted by Gasteiger charge is -2.16. The fourth-order valence-corrected chi connectivity index (χ4v) is 2.94. The lowest BCUT2D eigenvalue weighted by Crippen LogP contribution is -2.30. The second-order valence-electron chi connectivity index (χ2n) is 6.37. The summed E-state index contributed by atoms with van der Waals surface area (Å²) in [6, 6.07) is 1.57. The molecule has 0 aliphatic rings. The molecule has 0 aliphatic heterocycles. The van der Waals surface area contributed by atoms with Crippen molar-refractivity contribution in [1.82, 2.24) is 24.7 Å². The van der Waals surface area contributed by atoms with Crippen LogP contribution in [0.5, 0.6) is 5.75 Å². The molecule has 0 radical (unpaired) electrons. The van der Waals surface area contributed by atoms with Crippen molar-refractivity contribution in [3.63, 3.8) is 0 Å². The van der Waals surface area contributed by atoms with Gasteiger partial charge in [-0.3, -0.25) is 9.67 Å². The number of rotatable bonds is 8. The lowest BCUT2D eigenvalue weighted by atomic mass is 10.2. The van der Waals surface area contributed by atoms with Crippen molar-refractivity contribution in [3.8, 4) is 5.75 Å². The minimum Gasteiger partial charge on any atom is -0.495 e. The van der Waals surface area contributed by atoms with E-state index in [-0.39, 0.29) is 18.7 Å². The topological polar surface area (TPSA) is 156 Å². The first-order chi connectivity index (χ1) is 14.0. The molecule has 11 nitrogen and oxygen atoms in total. The molecule has 0 saturated heterocycles. The van der Waals surface area contributed by atoms with Crippen LogP contribution in [0.2, 0.25) is 0 Å². The molecule has 3 heterocycles. The summed E-state index contributed by atoms with van der Waals surface area (Å²) in [5.74, 6) is 0.565. The summed E-state index contributed by atoms with van der Waals surface area (Å²) < 4.78 is 11.8. The zero-order valence-electron chi connectivity index (χ0n) is 16.5. The number of pyridine rings is 1. The molecule has 0 amide bonds. The van der Waals surface area contributed by atoms with Crippen LogP contribution < -0.4 is 21.5 Å². The van der Waals surface area contributed by atoms with Crippen LogP contribution in [0.1, 0.15) is 35.8 Å². The molecule has 0 saturated carbocycles. The van der Waals surface area contributed by atoms with Crippen molar-refractivity contribution < 1.29 is 14.3 Å². The number of hydrogen-bond donors (Lipinski definition) is 3. The van der Waals surface area contributed by atoms with E-state index in [0.29, 0.717) is 33.9 Å². The van der Waals surface area contributed by atoms with Gasteiger partial charge in [-0.05, 0) is 12.5 Å². The fourth-order valence-electron chi connectivity index (χ4n) is 2.94. The molecule has 0 fully saturated rings. The van der Waals surface area contributed by atoms with E-state index in [1.165, 1.54) is 20.4 Å². The number of carbonyl (C=O) groups excluding carboxylic acids is 1. The highest BCUT2D eigenvalue weighted by Crippen LogP contribution is 2.25. The van der Waals surface area contributed by atoms with Crippen LogP contribution in [0, 0.1) is 0 Å². The fraction of sp³-hybridized carbons (Fsp3) is 0.389. The molecular weight excluding hydrogens is 376 g/mol. The van der Waals surface area contributed by atoms with Crippen LogP contribution in [-0.2, 0) is 11.3 Å². The Morgan fingerprint density at radius 1 is 1.31 bits per heavy atom. The van der Waals surface area contributed by atoms with Gasteiger partial charge in [0.25, 0.3) is 0 Å².